The Morgan fingerprint density at radius 3 is 2.75 bits per heavy atom. The molecule has 0 heterocycles. The predicted molar refractivity (Wildman–Crippen MR) is 68.6 cm³/mol. The van der Waals surface area contributed by atoms with Gasteiger partial charge in [-0.1, -0.05) is 6.07 Å². The Kier molecular flexibility index (Phi) is 4.22. The molecule has 0 radical (unpaired) electrons. The maximum Gasteiger partial charge on any atom is 0.307 e. The highest BCUT2D eigenvalue weighted by Crippen LogP contribution is 2.38. The molecule has 0 saturated heterocycles. The van der Waals surface area contributed by atoms with E-state index >= 15 is 0 Å². The van der Waals surface area contributed by atoms with Gasteiger partial charge in [0.15, 0.2) is 11.6 Å². The van der Waals surface area contributed by atoms with Crippen LogP contribution < -0.4 is 10.1 Å². The SMILES string of the molecule is CCOc1ccc(CNC(=O)[C@@H]2C[C@H]2C(=O)O)cc1F. The molecule has 1 aliphatic rings. The fraction of sp³-hybridized carbons (Fsp3) is 0.429. The summed E-state index contributed by atoms with van der Waals surface area (Å²) in [5, 5.41) is 11.3. The highest BCUT2D eigenvalue weighted by atomic mass is 19.1. The summed E-state index contributed by atoms with van der Waals surface area (Å²) in [7, 11) is 0. The first-order chi connectivity index (χ1) is 9.52. The van der Waals surface area contributed by atoms with Crippen molar-refractivity contribution in [2.75, 3.05) is 6.61 Å². The lowest BCUT2D eigenvalue weighted by Gasteiger charge is -2.08. The van der Waals surface area contributed by atoms with Gasteiger partial charge < -0.3 is 15.2 Å². The average molecular weight is 281 g/mol. The zero-order chi connectivity index (χ0) is 14.7. The molecule has 0 bridgehead atoms. The van der Waals surface area contributed by atoms with Gasteiger partial charge in [0.1, 0.15) is 0 Å². The zero-order valence-corrected chi connectivity index (χ0v) is 11.1. The highest BCUT2D eigenvalue weighted by Gasteiger charge is 2.48. The molecule has 108 valence electrons. The second kappa shape index (κ2) is 5.90. The summed E-state index contributed by atoms with van der Waals surface area (Å²) in [6.07, 6.45) is 0.374. The quantitative estimate of drug-likeness (QED) is 0.829. The van der Waals surface area contributed by atoms with Crippen LogP contribution in [0.3, 0.4) is 0 Å². The summed E-state index contributed by atoms with van der Waals surface area (Å²) in [4.78, 5) is 22.3. The van der Waals surface area contributed by atoms with E-state index in [2.05, 4.69) is 5.32 Å². The second-order valence-corrected chi connectivity index (χ2v) is 4.70. The molecule has 1 fully saturated rings. The summed E-state index contributed by atoms with van der Waals surface area (Å²) in [5.74, 6) is -2.58. The minimum absolute atomic E-state index is 0.172. The molecule has 2 atom stereocenters. The molecule has 0 unspecified atom stereocenters. The molecule has 0 aromatic heterocycles. The Morgan fingerprint density at radius 1 is 1.45 bits per heavy atom. The molecule has 2 N–H and O–H groups in total. The third kappa shape index (κ3) is 3.26. The van der Waals surface area contributed by atoms with Gasteiger partial charge in [-0.3, -0.25) is 9.59 Å². The Hall–Kier alpha value is -2.11. The van der Waals surface area contributed by atoms with Crippen LogP contribution in [0.25, 0.3) is 0 Å². The van der Waals surface area contributed by atoms with Crippen LogP contribution in [0.1, 0.15) is 18.9 Å². The third-order valence-electron chi connectivity index (χ3n) is 3.21. The number of nitrogens with one attached hydrogen (secondary N) is 1. The molecule has 5 nitrogen and oxygen atoms in total. The lowest BCUT2D eigenvalue weighted by atomic mass is 10.2. The lowest BCUT2D eigenvalue weighted by Crippen LogP contribution is -2.25. The van der Waals surface area contributed by atoms with Gasteiger partial charge in [-0.2, -0.15) is 0 Å². The Morgan fingerprint density at radius 2 is 2.20 bits per heavy atom. The molecule has 0 aliphatic heterocycles. The van der Waals surface area contributed by atoms with Crippen LogP contribution in [0.5, 0.6) is 5.75 Å². The number of ether oxygens (including phenoxy) is 1. The first-order valence-electron chi connectivity index (χ1n) is 6.44. The summed E-state index contributed by atoms with van der Waals surface area (Å²) < 4.78 is 18.7. The van der Waals surface area contributed by atoms with E-state index in [1.54, 1.807) is 13.0 Å². The summed E-state index contributed by atoms with van der Waals surface area (Å²) >= 11 is 0. The van der Waals surface area contributed by atoms with Crippen molar-refractivity contribution in [2.45, 2.75) is 19.9 Å². The van der Waals surface area contributed by atoms with Crippen LogP contribution in [-0.4, -0.2) is 23.6 Å². The number of rotatable bonds is 6. The van der Waals surface area contributed by atoms with E-state index in [1.807, 2.05) is 0 Å². The third-order valence-corrected chi connectivity index (χ3v) is 3.21. The van der Waals surface area contributed by atoms with E-state index in [1.165, 1.54) is 12.1 Å². The van der Waals surface area contributed by atoms with Crippen molar-refractivity contribution in [3.8, 4) is 5.75 Å². The molecule has 1 amide bonds. The van der Waals surface area contributed by atoms with Crippen LogP contribution >= 0.6 is 0 Å². The van der Waals surface area contributed by atoms with Crippen molar-refractivity contribution < 1.29 is 23.8 Å². The van der Waals surface area contributed by atoms with Crippen LogP contribution in [0.4, 0.5) is 4.39 Å². The van der Waals surface area contributed by atoms with Crippen molar-refractivity contribution in [1.82, 2.24) is 5.32 Å². The zero-order valence-electron chi connectivity index (χ0n) is 11.1. The van der Waals surface area contributed by atoms with Gasteiger partial charge in [0.2, 0.25) is 5.91 Å². The van der Waals surface area contributed by atoms with Crippen molar-refractivity contribution in [1.29, 1.82) is 0 Å². The standard InChI is InChI=1S/C14H16FNO4/c1-2-20-12-4-3-8(5-11(12)15)7-16-13(17)9-6-10(9)14(18)19/h3-5,9-10H,2,6-7H2,1H3,(H,16,17)(H,18,19)/t9-,10-/m1/s1. The molecule has 6 heteroatoms. The predicted octanol–water partition coefficient (Wildman–Crippen LogP) is 1.56. The molecular formula is C14H16FNO4. The van der Waals surface area contributed by atoms with Gasteiger partial charge in [0.25, 0.3) is 0 Å². The van der Waals surface area contributed by atoms with Crippen molar-refractivity contribution >= 4 is 11.9 Å². The average Bonchev–Trinajstić information content (AvgIpc) is 3.19. The number of amides is 1. The highest BCUT2D eigenvalue weighted by molar-refractivity contribution is 5.89. The first-order valence-corrected chi connectivity index (χ1v) is 6.44. The van der Waals surface area contributed by atoms with E-state index < -0.39 is 23.6 Å². The molecule has 20 heavy (non-hydrogen) atoms. The van der Waals surface area contributed by atoms with Gasteiger partial charge in [0, 0.05) is 6.54 Å². The van der Waals surface area contributed by atoms with Gasteiger partial charge in [0.05, 0.1) is 18.4 Å². The van der Waals surface area contributed by atoms with E-state index in [9.17, 15) is 14.0 Å². The van der Waals surface area contributed by atoms with Crippen molar-refractivity contribution in [3.63, 3.8) is 0 Å². The van der Waals surface area contributed by atoms with Gasteiger partial charge in [-0.15, -0.1) is 0 Å². The number of carboxylic acid groups (broad SMARTS) is 1. The normalized spacial score (nSPS) is 20.3. The number of carbonyl (C=O) groups excluding carboxylic acids is 1. The molecule has 2 rings (SSSR count). The molecule has 0 spiro atoms. The van der Waals surface area contributed by atoms with Crippen LogP contribution in [-0.2, 0) is 16.1 Å². The molecule has 1 aromatic rings. The maximum absolute atomic E-state index is 13.6. The van der Waals surface area contributed by atoms with Crippen molar-refractivity contribution in [3.05, 3.63) is 29.6 Å². The van der Waals surface area contributed by atoms with E-state index in [-0.39, 0.29) is 18.2 Å². The number of aliphatic carboxylic acids is 1. The number of carboxylic acids is 1. The maximum atomic E-state index is 13.6. The van der Waals surface area contributed by atoms with Crippen LogP contribution in [0.15, 0.2) is 18.2 Å². The Balaban J connectivity index is 1.87. The van der Waals surface area contributed by atoms with Crippen LogP contribution in [0, 0.1) is 17.7 Å². The Bertz CT molecular complexity index is 532. The monoisotopic (exact) mass is 281 g/mol. The lowest BCUT2D eigenvalue weighted by molar-refractivity contribution is -0.140. The first kappa shape index (κ1) is 14.3. The molecular weight excluding hydrogens is 265 g/mol. The number of hydrogen-bond acceptors (Lipinski definition) is 3. The second-order valence-electron chi connectivity index (χ2n) is 4.70. The van der Waals surface area contributed by atoms with E-state index in [4.69, 9.17) is 9.84 Å². The smallest absolute Gasteiger partial charge is 0.307 e. The number of halogens is 1. The molecule has 1 saturated carbocycles. The van der Waals surface area contributed by atoms with Gasteiger partial charge in [-0.05, 0) is 31.0 Å². The fourth-order valence-electron chi connectivity index (χ4n) is 2.00. The number of hydrogen-bond donors (Lipinski definition) is 2. The van der Waals surface area contributed by atoms with Gasteiger partial charge in [-0.25, -0.2) is 4.39 Å². The Labute approximate surface area is 115 Å². The van der Waals surface area contributed by atoms with Crippen LogP contribution in [0.2, 0.25) is 0 Å². The molecule has 1 aromatic carbocycles. The fourth-order valence-corrected chi connectivity index (χ4v) is 2.00. The van der Waals surface area contributed by atoms with Crippen molar-refractivity contribution in [2.24, 2.45) is 11.8 Å². The summed E-state index contributed by atoms with van der Waals surface area (Å²) in [5.41, 5.74) is 0.604. The van der Waals surface area contributed by atoms with E-state index in [0.29, 0.717) is 18.6 Å². The van der Waals surface area contributed by atoms with E-state index in [0.717, 1.165) is 0 Å². The summed E-state index contributed by atoms with van der Waals surface area (Å²) in [6, 6.07) is 4.47. The minimum atomic E-state index is -0.947. The minimum Gasteiger partial charge on any atom is -0.491 e. The largest absolute Gasteiger partial charge is 0.491 e. The number of benzene rings is 1. The molecule has 1 aliphatic carbocycles. The summed E-state index contributed by atoms with van der Waals surface area (Å²) in [6.45, 7) is 2.32. The topological polar surface area (TPSA) is 75.6 Å². The number of carbonyl (C=O) groups is 2. The van der Waals surface area contributed by atoms with Gasteiger partial charge >= 0.3 is 5.97 Å².